The van der Waals surface area contributed by atoms with Crippen LogP contribution in [-0.2, 0) is 9.53 Å². The maximum Gasteiger partial charge on any atom is 0.391 e. The van der Waals surface area contributed by atoms with Crippen LogP contribution >= 0.6 is 0 Å². The van der Waals surface area contributed by atoms with E-state index >= 15 is 0 Å². The Labute approximate surface area is 91.8 Å². The van der Waals surface area contributed by atoms with Gasteiger partial charge in [0.2, 0.25) is 0 Å². The van der Waals surface area contributed by atoms with Crippen LogP contribution in [-0.4, -0.2) is 42.5 Å². The van der Waals surface area contributed by atoms with Gasteiger partial charge in [-0.25, -0.2) is 0 Å². The van der Waals surface area contributed by atoms with Crippen molar-refractivity contribution in [3.63, 3.8) is 0 Å². The van der Waals surface area contributed by atoms with Gasteiger partial charge in [-0.05, 0) is 13.5 Å². The summed E-state index contributed by atoms with van der Waals surface area (Å²) in [5.74, 6) is -1.15. The van der Waals surface area contributed by atoms with E-state index in [0.29, 0.717) is 6.54 Å². The molecular weight excluding hydrogens is 227 g/mol. The maximum absolute atomic E-state index is 11.8. The number of hydrogen-bond acceptors (Lipinski definition) is 3. The third-order valence-electron chi connectivity index (χ3n) is 1.96. The molecule has 1 unspecified atom stereocenters. The van der Waals surface area contributed by atoms with Crippen molar-refractivity contribution in [1.82, 2.24) is 5.32 Å². The van der Waals surface area contributed by atoms with Gasteiger partial charge in [0.1, 0.15) is 5.54 Å². The molecule has 0 spiro atoms. The predicted octanol–water partition coefficient (Wildman–Crippen LogP) is 1.41. The second kappa shape index (κ2) is 6.05. The Hall–Kier alpha value is -0.820. The van der Waals surface area contributed by atoms with Crippen LogP contribution < -0.4 is 5.32 Å². The molecule has 0 fully saturated rings. The smallest absolute Gasteiger partial charge is 0.391 e. The summed E-state index contributed by atoms with van der Waals surface area (Å²) < 4.78 is 40.0. The molecule has 4 nitrogen and oxygen atoms in total. The van der Waals surface area contributed by atoms with Crippen LogP contribution in [0.1, 0.15) is 20.3 Å². The zero-order chi connectivity index (χ0) is 12.8. The van der Waals surface area contributed by atoms with Crippen molar-refractivity contribution in [3.05, 3.63) is 0 Å². The molecule has 2 N–H and O–H groups in total. The molecule has 0 radical (unpaired) electrons. The Morgan fingerprint density at radius 1 is 1.44 bits per heavy atom. The molecular formula is C9H16F3NO3. The molecule has 7 heteroatoms. The van der Waals surface area contributed by atoms with E-state index < -0.39 is 30.7 Å². The quantitative estimate of drug-likeness (QED) is 0.664. The molecule has 0 amide bonds. The third kappa shape index (κ3) is 5.92. The van der Waals surface area contributed by atoms with Crippen LogP contribution in [0.3, 0.4) is 0 Å². The van der Waals surface area contributed by atoms with E-state index in [4.69, 9.17) is 9.84 Å². The fraction of sp³-hybridized carbons (Fsp3) is 0.889. The number of halogens is 3. The molecule has 0 saturated heterocycles. The lowest BCUT2D eigenvalue weighted by Gasteiger charge is -2.25. The topological polar surface area (TPSA) is 58.6 Å². The Balaban J connectivity index is 4.00. The summed E-state index contributed by atoms with van der Waals surface area (Å²) >= 11 is 0. The number of carbonyl (C=O) groups is 1. The summed E-state index contributed by atoms with van der Waals surface area (Å²) in [6.45, 7) is 2.64. The monoisotopic (exact) mass is 243 g/mol. The molecule has 16 heavy (non-hydrogen) atoms. The SMILES string of the molecule is CCNC(C)(COCCC(F)(F)F)C(=O)O. The lowest BCUT2D eigenvalue weighted by molar-refractivity contribution is -0.153. The van der Waals surface area contributed by atoms with Gasteiger partial charge in [0.15, 0.2) is 0 Å². The van der Waals surface area contributed by atoms with E-state index in [1.54, 1.807) is 6.92 Å². The fourth-order valence-corrected chi connectivity index (χ4v) is 1.04. The first-order valence-corrected chi connectivity index (χ1v) is 4.84. The number of ether oxygens (including phenoxy) is 1. The fourth-order valence-electron chi connectivity index (χ4n) is 1.04. The highest BCUT2D eigenvalue weighted by Gasteiger charge is 2.33. The van der Waals surface area contributed by atoms with Gasteiger partial charge in [0, 0.05) is 0 Å². The second-order valence-electron chi connectivity index (χ2n) is 3.59. The largest absolute Gasteiger partial charge is 0.480 e. The summed E-state index contributed by atoms with van der Waals surface area (Å²) in [6.07, 6.45) is -5.35. The average Bonchev–Trinajstić information content (AvgIpc) is 2.11. The Morgan fingerprint density at radius 3 is 2.38 bits per heavy atom. The van der Waals surface area contributed by atoms with Crippen LogP contribution in [0.15, 0.2) is 0 Å². The Morgan fingerprint density at radius 2 is 2.00 bits per heavy atom. The van der Waals surface area contributed by atoms with Gasteiger partial charge in [-0.3, -0.25) is 4.79 Å². The van der Waals surface area contributed by atoms with Crippen molar-refractivity contribution in [3.8, 4) is 0 Å². The Bertz CT molecular complexity index is 233. The molecule has 0 aromatic rings. The molecule has 0 heterocycles. The van der Waals surface area contributed by atoms with Crippen LogP contribution in [0.2, 0.25) is 0 Å². The van der Waals surface area contributed by atoms with E-state index in [1.807, 2.05) is 0 Å². The standard InChI is InChI=1S/C9H16F3NO3/c1-3-13-8(2,7(14)15)6-16-5-4-9(10,11)12/h13H,3-6H2,1-2H3,(H,14,15). The summed E-state index contributed by atoms with van der Waals surface area (Å²) in [6, 6.07) is 0. The van der Waals surface area contributed by atoms with Crippen LogP contribution in [0.4, 0.5) is 13.2 Å². The van der Waals surface area contributed by atoms with Crippen molar-refractivity contribution >= 4 is 5.97 Å². The third-order valence-corrected chi connectivity index (χ3v) is 1.96. The number of nitrogens with one attached hydrogen (secondary N) is 1. The van der Waals surface area contributed by atoms with E-state index in [-0.39, 0.29) is 6.61 Å². The number of carboxylic acids is 1. The lowest BCUT2D eigenvalue weighted by Crippen LogP contribution is -2.53. The zero-order valence-electron chi connectivity index (χ0n) is 9.23. The van der Waals surface area contributed by atoms with Crippen LogP contribution in [0.5, 0.6) is 0 Å². The molecule has 96 valence electrons. The highest BCUT2D eigenvalue weighted by atomic mass is 19.4. The summed E-state index contributed by atoms with van der Waals surface area (Å²) in [4.78, 5) is 10.8. The lowest BCUT2D eigenvalue weighted by atomic mass is 10.0. The van der Waals surface area contributed by atoms with E-state index in [9.17, 15) is 18.0 Å². The highest BCUT2D eigenvalue weighted by molar-refractivity contribution is 5.78. The predicted molar refractivity (Wildman–Crippen MR) is 51.2 cm³/mol. The van der Waals surface area contributed by atoms with Crippen LogP contribution in [0.25, 0.3) is 0 Å². The van der Waals surface area contributed by atoms with E-state index in [0.717, 1.165) is 0 Å². The van der Waals surface area contributed by atoms with Gasteiger partial charge >= 0.3 is 12.1 Å². The van der Waals surface area contributed by atoms with Gasteiger partial charge in [-0.1, -0.05) is 6.92 Å². The minimum Gasteiger partial charge on any atom is -0.480 e. The normalized spacial score (nSPS) is 15.8. The molecule has 0 aliphatic heterocycles. The molecule has 1 atom stereocenters. The summed E-state index contributed by atoms with van der Waals surface area (Å²) in [5.41, 5.74) is -1.35. The number of rotatable bonds is 7. The minimum absolute atomic E-state index is 0.299. The van der Waals surface area contributed by atoms with Crippen molar-refractivity contribution in [2.75, 3.05) is 19.8 Å². The number of hydrogen-bond donors (Lipinski definition) is 2. The first kappa shape index (κ1) is 15.2. The van der Waals surface area contributed by atoms with Crippen molar-refractivity contribution < 1.29 is 27.8 Å². The van der Waals surface area contributed by atoms with Gasteiger partial charge in [0.25, 0.3) is 0 Å². The number of likely N-dealkylation sites (N-methyl/N-ethyl adjacent to an activating group) is 1. The van der Waals surface area contributed by atoms with Crippen molar-refractivity contribution in [1.29, 1.82) is 0 Å². The van der Waals surface area contributed by atoms with Gasteiger partial charge in [-0.15, -0.1) is 0 Å². The molecule has 0 saturated carbocycles. The summed E-state index contributed by atoms with van der Waals surface area (Å²) in [5, 5.41) is 11.5. The number of aliphatic carboxylic acids is 1. The summed E-state index contributed by atoms with van der Waals surface area (Å²) in [7, 11) is 0. The van der Waals surface area contributed by atoms with Crippen molar-refractivity contribution in [2.45, 2.75) is 32.0 Å². The molecule has 0 rings (SSSR count). The van der Waals surface area contributed by atoms with Crippen molar-refractivity contribution in [2.24, 2.45) is 0 Å². The Kier molecular flexibility index (Phi) is 5.74. The van der Waals surface area contributed by atoms with Gasteiger partial charge < -0.3 is 15.2 Å². The first-order valence-electron chi connectivity index (χ1n) is 4.84. The zero-order valence-corrected chi connectivity index (χ0v) is 9.23. The minimum atomic E-state index is -4.28. The van der Waals surface area contributed by atoms with Gasteiger partial charge in [0.05, 0.1) is 19.6 Å². The molecule has 0 aromatic carbocycles. The number of carboxylic acid groups (broad SMARTS) is 1. The molecule has 0 bridgehead atoms. The number of alkyl halides is 3. The maximum atomic E-state index is 11.8. The second-order valence-corrected chi connectivity index (χ2v) is 3.59. The first-order chi connectivity index (χ1) is 7.21. The van der Waals surface area contributed by atoms with E-state index in [1.165, 1.54) is 6.92 Å². The molecule has 0 aromatic heterocycles. The van der Waals surface area contributed by atoms with E-state index in [2.05, 4.69) is 5.32 Å². The molecule has 0 aliphatic rings. The molecule has 0 aliphatic carbocycles. The van der Waals surface area contributed by atoms with Gasteiger partial charge in [-0.2, -0.15) is 13.2 Å². The van der Waals surface area contributed by atoms with Crippen LogP contribution in [0, 0.1) is 0 Å². The average molecular weight is 243 g/mol. The highest BCUT2D eigenvalue weighted by Crippen LogP contribution is 2.19.